The minimum absolute atomic E-state index is 0.197. The van der Waals surface area contributed by atoms with Crippen molar-refractivity contribution in [2.45, 2.75) is 38.9 Å². The second-order valence-corrected chi connectivity index (χ2v) is 9.11. The fourth-order valence-electron chi connectivity index (χ4n) is 4.92. The normalized spacial score (nSPS) is 21.4. The van der Waals surface area contributed by atoms with E-state index in [2.05, 4.69) is 41.4 Å². The minimum Gasteiger partial charge on any atom is -0.367 e. The molecule has 0 aromatic heterocycles. The predicted octanol–water partition coefficient (Wildman–Crippen LogP) is 2.22. The quantitative estimate of drug-likeness (QED) is 0.724. The molecule has 0 spiro atoms. The number of carbonyl (C=O) groups excluding carboxylic acids is 3. The number of nitrogens with one attached hydrogen (secondary N) is 1. The number of imide groups is 1. The molecule has 2 fully saturated rings. The van der Waals surface area contributed by atoms with E-state index in [0.717, 1.165) is 25.2 Å². The molecule has 33 heavy (non-hydrogen) atoms. The summed E-state index contributed by atoms with van der Waals surface area (Å²) in [7, 11) is 0. The summed E-state index contributed by atoms with van der Waals surface area (Å²) in [5, 5.41) is 2.29. The number of aryl methyl sites for hydroxylation is 1. The van der Waals surface area contributed by atoms with Crippen molar-refractivity contribution in [2.24, 2.45) is 0 Å². The highest BCUT2D eigenvalue weighted by molar-refractivity contribution is 6.05. The van der Waals surface area contributed by atoms with Crippen molar-refractivity contribution in [1.82, 2.24) is 15.1 Å². The number of halogens is 1. The van der Waals surface area contributed by atoms with E-state index in [0.29, 0.717) is 30.8 Å². The Hall–Kier alpha value is -3.26. The number of carbonyl (C=O) groups is 3. The van der Waals surface area contributed by atoms with Crippen molar-refractivity contribution < 1.29 is 18.8 Å². The van der Waals surface area contributed by atoms with Gasteiger partial charge in [0.05, 0.1) is 5.69 Å². The van der Waals surface area contributed by atoms with Gasteiger partial charge in [0.15, 0.2) is 0 Å². The van der Waals surface area contributed by atoms with Gasteiger partial charge in [-0.05, 0) is 36.6 Å². The van der Waals surface area contributed by atoms with E-state index < -0.39 is 17.8 Å². The van der Waals surface area contributed by atoms with Crippen molar-refractivity contribution in [3.8, 4) is 0 Å². The number of nitrogens with zero attached hydrogens (tertiary/aromatic N) is 3. The lowest BCUT2D eigenvalue weighted by Gasteiger charge is -2.36. The largest absolute Gasteiger partial charge is 0.367 e. The van der Waals surface area contributed by atoms with E-state index >= 15 is 4.39 Å². The molecule has 0 bridgehead atoms. The zero-order valence-electron chi connectivity index (χ0n) is 18.6. The van der Waals surface area contributed by atoms with Crippen LogP contribution < -0.4 is 10.2 Å². The predicted molar refractivity (Wildman–Crippen MR) is 121 cm³/mol. The third-order valence-corrected chi connectivity index (χ3v) is 6.83. The van der Waals surface area contributed by atoms with E-state index in [1.807, 2.05) is 4.90 Å². The van der Waals surface area contributed by atoms with Gasteiger partial charge in [0.2, 0.25) is 11.8 Å². The Bertz CT molecular complexity index is 1110. The molecule has 2 aromatic rings. The Morgan fingerprint density at radius 1 is 1.03 bits per heavy atom. The number of hydrogen-bond acceptors (Lipinski definition) is 5. The van der Waals surface area contributed by atoms with Crippen LogP contribution in [-0.4, -0.2) is 59.7 Å². The summed E-state index contributed by atoms with van der Waals surface area (Å²) in [4.78, 5) is 42.4. The van der Waals surface area contributed by atoms with Crippen LogP contribution in [0.15, 0.2) is 36.4 Å². The number of piperazine rings is 1. The second kappa shape index (κ2) is 8.59. The Balaban J connectivity index is 1.26. The molecule has 3 aliphatic rings. The SMILES string of the molecule is Cc1ccc(CN2CCN(c3cc4c(cc3F)C(=O)N(C3CCC(=O)NC3=O)C4)CC2)cc1. The molecule has 3 amide bonds. The van der Waals surface area contributed by atoms with E-state index in [1.165, 1.54) is 22.1 Å². The number of fused-ring (bicyclic) bond motifs is 1. The lowest BCUT2D eigenvalue weighted by Crippen LogP contribution is -2.52. The van der Waals surface area contributed by atoms with Crippen LogP contribution in [0.25, 0.3) is 0 Å². The van der Waals surface area contributed by atoms with Crippen molar-refractivity contribution in [1.29, 1.82) is 0 Å². The molecule has 0 saturated carbocycles. The summed E-state index contributed by atoms with van der Waals surface area (Å²) >= 11 is 0. The molecular weight excluding hydrogens is 423 g/mol. The van der Waals surface area contributed by atoms with Gasteiger partial charge >= 0.3 is 0 Å². The summed E-state index contributed by atoms with van der Waals surface area (Å²) in [6, 6.07) is 10.9. The van der Waals surface area contributed by atoms with Crippen LogP contribution in [0.3, 0.4) is 0 Å². The molecule has 2 aromatic carbocycles. The van der Waals surface area contributed by atoms with Crippen LogP contribution in [0.4, 0.5) is 10.1 Å². The average Bonchev–Trinajstić information content (AvgIpc) is 3.11. The van der Waals surface area contributed by atoms with Crippen LogP contribution in [0.2, 0.25) is 0 Å². The number of hydrogen-bond donors (Lipinski definition) is 1. The Morgan fingerprint density at radius 2 is 1.76 bits per heavy atom. The van der Waals surface area contributed by atoms with Crippen LogP contribution in [0.1, 0.15) is 39.9 Å². The zero-order valence-corrected chi connectivity index (χ0v) is 18.6. The van der Waals surface area contributed by atoms with Gasteiger partial charge < -0.3 is 9.80 Å². The zero-order chi connectivity index (χ0) is 23.1. The molecule has 7 nitrogen and oxygen atoms in total. The summed E-state index contributed by atoms with van der Waals surface area (Å²) in [5.74, 6) is -1.56. The van der Waals surface area contributed by atoms with Crippen LogP contribution in [0, 0.1) is 12.7 Å². The summed E-state index contributed by atoms with van der Waals surface area (Å²) in [5.41, 5.74) is 4.04. The van der Waals surface area contributed by atoms with Crippen molar-refractivity contribution in [3.63, 3.8) is 0 Å². The van der Waals surface area contributed by atoms with Gasteiger partial charge in [-0.2, -0.15) is 0 Å². The smallest absolute Gasteiger partial charge is 0.255 e. The van der Waals surface area contributed by atoms with Crippen LogP contribution >= 0.6 is 0 Å². The van der Waals surface area contributed by atoms with Crippen molar-refractivity contribution in [3.05, 3.63) is 64.5 Å². The molecule has 8 heteroatoms. The molecule has 3 aliphatic heterocycles. The molecule has 1 unspecified atom stereocenters. The van der Waals surface area contributed by atoms with Crippen LogP contribution in [0.5, 0.6) is 0 Å². The molecule has 2 saturated heterocycles. The third-order valence-electron chi connectivity index (χ3n) is 6.83. The van der Waals surface area contributed by atoms with Gasteiger partial charge in [0, 0.05) is 51.3 Å². The number of benzene rings is 2. The lowest BCUT2D eigenvalue weighted by atomic mass is 10.0. The average molecular weight is 451 g/mol. The first-order chi connectivity index (χ1) is 15.9. The summed E-state index contributed by atoms with van der Waals surface area (Å²) in [6.07, 6.45) is 0.492. The van der Waals surface area contributed by atoms with Gasteiger partial charge in [0.1, 0.15) is 11.9 Å². The van der Waals surface area contributed by atoms with Crippen molar-refractivity contribution >= 4 is 23.4 Å². The Morgan fingerprint density at radius 3 is 2.45 bits per heavy atom. The van der Waals surface area contributed by atoms with Gasteiger partial charge in [-0.25, -0.2) is 4.39 Å². The molecule has 172 valence electrons. The Labute approximate surface area is 192 Å². The van der Waals surface area contributed by atoms with E-state index in [4.69, 9.17) is 0 Å². The monoisotopic (exact) mass is 450 g/mol. The molecule has 5 rings (SSSR count). The van der Waals surface area contributed by atoms with Gasteiger partial charge in [-0.3, -0.25) is 24.6 Å². The summed E-state index contributed by atoms with van der Waals surface area (Å²) < 4.78 is 15.0. The summed E-state index contributed by atoms with van der Waals surface area (Å²) in [6.45, 7) is 6.25. The second-order valence-electron chi connectivity index (χ2n) is 9.11. The molecular formula is C25H27FN4O3. The Kier molecular flexibility index (Phi) is 5.62. The lowest BCUT2D eigenvalue weighted by molar-refractivity contribution is -0.136. The molecule has 0 radical (unpaired) electrons. The first kappa shape index (κ1) is 21.6. The molecule has 1 atom stereocenters. The number of rotatable bonds is 4. The highest BCUT2D eigenvalue weighted by atomic mass is 19.1. The number of amides is 3. The third kappa shape index (κ3) is 4.23. The maximum absolute atomic E-state index is 15.0. The van der Waals surface area contributed by atoms with E-state index in [-0.39, 0.29) is 24.8 Å². The standard InChI is InChI=1S/C25H27FN4O3/c1-16-2-4-17(5-3-16)14-28-8-10-29(11-9-28)22-12-18-15-30(25(33)19(18)13-20(22)26)21-6-7-23(31)27-24(21)32/h2-5,12-13,21H,6-11,14-15H2,1H3,(H,27,31,32). The van der Waals surface area contributed by atoms with E-state index in [1.54, 1.807) is 6.07 Å². The highest BCUT2D eigenvalue weighted by Crippen LogP contribution is 2.33. The number of anilines is 1. The first-order valence-electron chi connectivity index (χ1n) is 11.4. The molecule has 1 N–H and O–H groups in total. The van der Waals surface area contributed by atoms with Gasteiger partial charge in [-0.1, -0.05) is 29.8 Å². The maximum atomic E-state index is 15.0. The molecule has 0 aliphatic carbocycles. The van der Waals surface area contributed by atoms with Gasteiger partial charge in [0.25, 0.3) is 5.91 Å². The number of piperidine rings is 1. The van der Waals surface area contributed by atoms with Crippen molar-refractivity contribution in [2.75, 3.05) is 31.1 Å². The van der Waals surface area contributed by atoms with E-state index in [9.17, 15) is 14.4 Å². The van der Waals surface area contributed by atoms with Crippen LogP contribution in [-0.2, 0) is 22.7 Å². The fourth-order valence-corrected chi connectivity index (χ4v) is 4.92. The first-order valence-corrected chi connectivity index (χ1v) is 11.4. The molecule has 3 heterocycles. The topological polar surface area (TPSA) is 73.0 Å². The van der Waals surface area contributed by atoms with Gasteiger partial charge in [-0.15, -0.1) is 0 Å². The fraction of sp³-hybridized carbons (Fsp3) is 0.400. The highest BCUT2D eigenvalue weighted by Gasteiger charge is 2.39. The maximum Gasteiger partial charge on any atom is 0.255 e. The minimum atomic E-state index is -0.695.